The summed E-state index contributed by atoms with van der Waals surface area (Å²) in [5.74, 6) is 0.312. The van der Waals surface area contributed by atoms with Gasteiger partial charge in [-0.05, 0) is 0 Å². The lowest BCUT2D eigenvalue weighted by atomic mass is 9.87. The number of ketones is 3. The van der Waals surface area contributed by atoms with Gasteiger partial charge < -0.3 is 15.3 Å². The highest BCUT2D eigenvalue weighted by molar-refractivity contribution is 5.95. The zero-order chi connectivity index (χ0) is 32.6. The SMILES string of the molecule is CC(C)(C)C(=O)/C=C(\O)C(C)(C)C.CC(C)(C)C(=O)/C=C(\O)C(C)(C)C.CC(C)(C)C(=O)/C=C(\O)C(C)(C)C.[Al]. The Morgan fingerprint density at radius 2 is 0.475 bits per heavy atom. The van der Waals surface area contributed by atoms with E-state index in [-0.39, 0.29) is 68.2 Å². The van der Waals surface area contributed by atoms with E-state index in [2.05, 4.69) is 0 Å². The van der Waals surface area contributed by atoms with Gasteiger partial charge >= 0.3 is 0 Å². The molecule has 0 unspecified atom stereocenters. The maximum absolute atomic E-state index is 11.5. The van der Waals surface area contributed by atoms with Crippen LogP contribution in [0, 0.1) is 32.5 Å². The Kier molecular flexibility index (Phi) is 18.0. The predicted octanol–water partition coefficient (Wildman–Crippen LogP) is 8.89. The van der Waals surface area contributed by atoms with E-state index in [1.165, 1.54) is 18.2 Å². The fourth-order valence-electron chi connectivity index (χ4n) is 1.67. The van der Waals surface area contributed by atoms with E-state index in [1.54, 1.807) is 0 Å². The van der Waals surface area contributed by atoms with Gasteiger partial charge in [0.05, 0.1) is 0 Å². The summed E-state index contributed by atoms with van der Waals surface area (Å²) in [6.07, 6.45) is 4.00. The van der Waals surface area contributed by atoms with Crippen molar-refractivity contribution in [1.29, 1.82) is 0 Å². The van der Waals surface area contributed by atoms with Gasteiger partial charge in [0.15, 0.2) is 17.3 Å². The minimum absolute atomic E-state index is 0. The van der Waals surface area contributed by atoms with E-state index in [1.807, 2.05) is 125 Å². The van der Waals surface area contributed by atoms with Crippen molar-refractivity contribution in [1.82, 2.24) is 0 Å². The molecule has 3 N–H and O–H groups in total. The zero-order valence-corrected chi connectivity index (χ0v) is 30.0. The van der Waals surface area contributed by atoms with Gasteiger partial charge in [-0.15, -0.1) is 0 Å². The number of carbonyl (C=O) groups excluding carboxylic acids is 3. The highest BCUT2D eigenvalue weighted by atomic mass is 27.0. The largest absolute Gasteiger partial charge is 0.512 e. The molecule has 0 rings (SSSR count). The number of carbonyl (C=O) groups is 3. The van der Waals surface area contributed by atoms with Gasteiger partial charge in [-0.25, -0.2) is 0 Å². The van der Waals surface area contributed by atoms with Gasteiger partial charge in [-0.1, -0.05) is 125 Å². The molecule has 0 aliphatic rings. The summed E-state index contributed by atoms with van der Waals surface area (Å²) in [6, 6.07) is 0. The van der Waals surface area contributed by atoms with Crippen molar-refractivity contribution < 1.29 is 29.7 Å². The number of aliphatic hydroxyl groups is 3. The molecular weight excluding hydrogens is 519 g/mol. The van der Waals surface area contributed by atoms with E-state index in [0.29, 0.717) is 0 Å². The van der Waals surface area contributed by atoms with E-state index in [9.17, 15) is 29.7 Å². The second kappa shape index (κ2) is 16.0. The molecule has 0 bridgehead atoms. The Hall–Kier alpha value is -1.84. The second-order valence-corrected chi connectivity index (χ2v) is 16.2. The van der Waals surface area contributed by atoms with Crippen LogP contribution in [0.5, 0.6) is 0 Å². The zero-order valence-electron chi connectivity index (χ0n) is 28.9. The standard InChI is InChI=1S/3C11H20O2.Al/c3*1-10(2,3)8(12)7-9(13)11(4,5)6;/h3*7,12H,1-6H3;/b3*8-7-;. The van der Waals surface area contributed by atoms with E-state index in [0.717, 1.165) is 0 Å². The van der Waals surface area contributed by atoms with E-state index >= 15 is 0 Å². The average molecular weight is 580 g/mol. The number of aliphatic hydroxyl groups excluding tert-OH is 3. The third kappa shape index (κ3) is 21.0. The molecule has 0 aromatic rings. The van der Waals surface area contributed by atoms with Gasteiger partial charge in [-0.2, -0.15) is 0 Å². The molecule has 0 heterocycles. The third-order valence-electron chi connectivity index (χ3n) is 5.33. The highest BCUT2D eigenvalue weighted by Crippen LogP contribution is 2.27. The number of hydrogen-bond donors (Lipinski definition) is 3. The smallest absolute Gasteiger partial charge is 0.164 e. The molecule has 0 saturated carbocycles. The Balaban J connectivity index is -0.000000240. The number of rotatable bonds is 3. The van der Waals surface area contributed by atoms with Crippen LogP contribution in [-0.4, -0.2) is 50.0 Å². The lowest BCUT2D eigenvalue weighted by molar-refractivity contribution is -0.122. The summed E-state index contributed by atoms with van der Waals surface area (Å²) < 4.78 is 0. The Morgan fingerprint density at radius 3 is 0.550 bits per heavy atom. The van der Waals surface area contributed by atoms with Crippen molar-refractivity contribution in [2.45, 2.75) is 125 Å². The Bertz CT molecular complexity index is 801. The maximum Gasteiger partial charge on any atom is 0.164 e. The Morgan fingerprint density at radius 1 is 0.350 bits per heavy atom. The van der Waals surface area contributed by atoms with Gasteiger partial charge in [0.25, 0.3) is 0 Å². The molecule has 40 heavy (non-hydrogen) atoms. The molecule has 0 amide bonds. The van der Waals surface area contributed by atoms with Crippen LogP contribution in [0.15, 0.2) is 35.5 Å². The summed E-state index contributed by atoms with van der Waals surface area (Å²) >= 11 is 0. The van der Waals surface area contributed by atoms with Crippen molar-refractivity contribution in [2.75, 3.05) is 0 Å². The van der Waals surface area contributed by atoms with Crippen LogP contribution in [0.4, 0.5) is 0 Å². The minimum atomic E-state index is -0.417. The molecule has 0 spiro atoms. The average Bonchev–Trinajstić information content (AvgIpc) is 2.64. The first kappa shape index (κ1) is 45.2. The van der Waals surface area contributed by atoms with Crippen LogP contribution in [0.1, 0.15) is 125 Å². The first-order valence-corrected chi connectivity index (χ1v) is 13.5. The molecule has 0 aromatic carbocycles. The lowest BCUT2D eigenvalue weighted by Crippen LogP contribution is -2.20. The van der Waals surface area contributed by atoms with Crippen molar-refractivity contribution >= 4 is 34.7 Å². The summed E-state index contributed by atoms with van der Waals surface area (Å²) in [5.41, 5.74) is -2.29. The fraction of sp³-hybridized carbons (Fsp3) is 0.727. The molecule has 0 saturated heterocycles. The van der Waals surface area contributed by atoms with Crippen LogP contribution >= 0.6 is 0 Å². The van der Waals surface area contributed by atoms with Crippen LogP contribution in [0.2, 0.25) is 0 Å². The van der Waals surface area contributed by atoms with Gasteiger partial charge in [0.1, 0.15) is 17.3 Å². The summed E-state index contributed by atoms with van der Waals surface area (Å²) in [4.78, 5) is 34.5. The third-order valence-corrected chi connectivity index (χ3v) is 5.33. The van der Waals surface area contributed by atoms with Crippen molar-refractivity contribution in [3.63, 3.8) is 0 Å². The number of hydrogen-bond acceptors (Lipinski definition) is 6. The molecule has 0 fully saturated rings. The molecule has 3 radical (unpaired) electrons. The molecule has 0 aromatic heterocycles. The van der Waals surface area contributed by atoms with Gasteiger partial charge in [-0.3, -0.25) is 14.4 Å². The van der Waals surface area contributed by atoms with Crippen molar-refractivity contribution in [2.24, 2.45) is 32.5 Å². The first-order valence-electron chi connectivity index (χ1n) is 13.5. The van der Waals surface area contributed by atoms with Crippen LogP contribution < -0.4 is 0 Å². The van der Waals surface area contributed by atoms with E-state index in [4.69, 9.17) is 0 Å². The quantitative estimate of drug-likeness (QED) is 0.175. The minimum Gasteiger partial charge on any atom is -0.512 e. The molecule has 0 aliphatic heterocycles. The van der Waals surface area contributed by atoms with Crippen molar-refractivity contribution in [3.8, 4) is 0 Å². The topological polar surface area (TPSA) is 112 Å². The maximum atomic E-state index is 11.5. The molecule has 6 nitrogen and oxygen atoms in total. The van der Waals surface area contributed by atoms with Crippen molar-refractivity contribution in [3.05, 3.63) is 35.5 Å². The molecule has 7 heteroatoms. The summed E-state index contributed by atoms with van der Waals surface area (Å²) in [6.45, 7) is 33.3. The number of allylic oxidation sites excluding steroid dienone is 6. The normalized spacial score (nSPS) is 14.1. The van der Waals surface area contributed by atoms with Crippen LogP contribution in [-0.2, 0) is 14.4 Å². The highest BCUT2D eigenvalue weighted by Gasteiger charge is 2.25. The monoisotopic (exact) mass is 579 g/mol. The fourth-order valence-corrected chi connectivity index (χ4v) is 1.67. The lowest BCUT2D eigenvalue weighted by Gasteiger charge is -2.19. The predicted molar refractivity (Wildman–Crippen MR) is 170 cm³/mol. The second-order valence-electron chi connectivity index (χ2n) is 16.2. The summed E-state index contributed by atoms with van der Waals surface area (Å²) in [5, 5.41) is 28.7. The molecule has 231 valence electrons. The molecular formula is C33H60AlO6. The first-order chi connectivity index (χ1) is 16.6. The molecule has 0 atom stereocenters. The van der Waals surface area contributed by atoms with Crippen LogP contribution in [0.3, 0.4) is 0 Å². The van der Waals surface area contributed by atoms with Gasteiger partial charge in [0.2, 0.25) is 0 Å². The van der Waals surface area contributed by atoms with Gasteiger partial charge in [0, 0.05) is 68.1 Å². The Labute approximate surface area is 256 Å². The summed E-state index contributed by atoms with van der Waals surface area (Å²) in [7, 11) is 0. The van der Waals surface area contributed by atoms with Crippen LogP contribution in [0.25, 0.3) is 0 Å². The molecule has 0 aliphatic carbocycles. The van der Waals surface area contributed by atoms with E-state index < -0.39 is 16.2 Å².